The summed E-state index contributed by atoms with van der Waals surface area (Å²) in [5.41, 5.74) is 3.09. The number of hydrogen-bond acceptors (Lipinski definition) is 4. The second kappa shape index (κ2) is 5.90. The first-order valence-corrected chi connectivity index (χ1v) is 7.96. The van der Waals surface area contributed by atoms with Crippen LogP contribution in [-0.4, -0.2) is 22.5 Å². The lowest BCUT2D eigenvalue weighted by Gasteiger charge is -2.04. The summed E-state index contributed by atoms with van der Waals surface area (Å²) in [6.07, 6.45) is 0. The van der Waals surface area contributed by atoms with E-state index < -0.39 is 5.97 Å². The van der Waals surface area contributed by atoms with Crippen LogP contribution in [0.4, 0.5) is 5.82 Å². The summed E-state index contributed by atoms with van der Waals surface area (Å²) in [5, 5.41) is 4.69. The van der Waals surface area contributed by atoms with Gasteiger partial charge in [-0.2, -0.15) is 0 Å². The number of benzene rings is 2. The van der Waals surface area contributed by atoms with E-state index in [1.165, 1.54) is 0 Å². The number of nitroso groups, excluding NO2 is 1. The number of para-hydroxylation sites is 2. The molecule has 2 N–H and O–H groups in total. The fourth-order valence-corrected chi connectivity index (χ4v) is 3.19. The molecule has 0 bridgehead atoms. The van der Waals surface area contributed by atoms with E-state index >= 15 is 0 Å². The normalized spacial score (nSPS) is 11.1. The van der Waals surface area contributed by atoms with Crippen molar-refractivity contribution in [3.8, 4) is 11.3 Å². The van der Waals surface area contributed by atoms with Gasteiger partial charge in [0.15, 0.2) is 5.82 Å². The zero-order valence-corrected chi connectivity index (χ0v) is 13.5. The SMILES string of the molecule is CCOC(=O)c1c(-c2c(N=O)[nH]c3ccccc23)[nH]c2ccccc12.[HH].[HH]. The van der Waals surface area contributed by atoms with Gasteiger partial charge in [0.1, 0.15) is 0 Å². The first-order valence-electron chi connectivity index (χ1n) is 7.96. The van der Waals surface area contributed by atoms with Gasteiger partial charge in [-0.3, -0.25) is 0 Å². The minimum atomic E-state index is -0.433. The zero-order valence-electron chi connectivity index (χ0n) is 13.5. The molecule has 0 aliphatic rings. The molecule has 0 saturated carbocycles. The quantitative estimate of drug-likeness (QED) is 0.387. The number of hydrogen-bond donors (Lipinski definition) is 2. The van der Waals surface area contributed by atoms with Crippen LogP contribution in [0.3, 0.4) is 0 Å². The standard InChI is InChI=1S/C19H15N3O3.2H2/c1-2-25-19(23)16-12-8-4-5-9-13(12)20-17(16)15-11-7-3-6-10-14(11)21-18(15)22-24;;/h3-10,20-21H,2H2,1H3;2*1H. The Hall–Kier alpha value is -3.41. The number of ether oxygens (including phenoxy) is 1. The first kappa shape index (κ1) is 15.1. The highest BCUT2D eigenvalue weighted by atomic mass is 16.5. The number of carbonyl (C=O) groups excluding carboxylic acids is 1. The Labute approximate surface area is 145 Å². The maximum absolute atomic E-state index is 12.6. The second-order valence-electron chi connectivity index (χ2n) is 5.63. The number of aromatic nitrogens is 2. The molecule has 2 aromatic carbocycles. The molecule has 25 heavy (non-hydrogen) atoms. The molecule has 0 aliphatic heterocycles. The molecule has 0 saturated heterocycles. The number of H-pyrrole nitrogens is 2. The molecule has 0 unspecified atom stereocenters. The van der Waals surface area contributed by atoms with Crippen LogP contribution < -0.4 is 0 Å². The molecule has 4 aromatic rings. The Bertz CT molecular complexity index is 1120. The van der Waals surface area contributed by atoms with Crippen LogP contribution in [0.2, 0.25) is 0 Å². The van der Waals surface area contributed by atoms with Crippen LogP contribution in [-0.2, 0) is 4.74 Å². The molecule has 0 fully saturated rings. The van der Waals surface area contributed by atoms with E-state index in [-0.39, 0.29) is 15.3 Å². The third kappa shape index (κ3) is 2.30. The molecule has 2 aromatic heterocycles. The van der Waals surface area contributed by atoms with Crippen molar-refractivity contribution < 1.29 is 12.4 Å². The number of aromatic amines is 2. The molecule has 128 valence electrons. The lowest BCUT2D eigenvalue weighted by atomic mass is 10.0. The van der Waals surface area contributed by atoms with E-state index in [2.05, 4.69) is 15.1 Å². The third-order valence-corrected chi connectivity index (χ3v) is 4.21. The largest absolute Gasteiger partial charge is 0.462 e. The molecule has 0 amide bonds. The van der Waals surface area contributed by atoms with Crippen molar-refractivity contribution in [3.63, 3.8) is 0 Å². The van der Waals surface area contributed by atoms with Gasteiger partial charge in [-0.15, -0.1) is 4.91 Å². The van der Waals surface area contributed by atoms with E-state index in [0.29, 0.717) is 16.8 Å². The van der Waals surface area contributed by atoms with Crippen LogP contribution in [0.15, 0.2) is 53.7 Å². The molecule has 0 atom stereocenters. The highest BCUT2D eigenvalue weighted by Gasteiger charge is 2.25. The molecular weight excluding hydrogens is 318 g/mol. The number of fused-ring (bicyclic) bond motifs is 2. The lowest BCUT2D eigenvalue weighted by Crippen LogP contribution is -2.05. The summed E-state index contributed by atoms with van der Waals surface area (Å²) in [5.74, 6) is -0.254. The molecular formula is C19H19N3O3. The van der Waals surface area contributed by atoms with Crippen LogP contribution in [0.1, 0.15) is 20.1 Å². The predicted octanol–water partition coefficient (Wildman–Crippen LogP) is 5.38. The van der Waals surface area contributed by atoms with Crippen molar-refractivity contribution in [3.05, 3.63) is 59.0 Å². The van der Waals surface area contributed by atoms with Crippen molar-refractivity contribution in [2.75, 3.05) is 6.61 Å². The Balaban J connectivity index is 0.00000131. The molecule has 0 spiro atoms. The fraction of sp³-hybridized carbons (Fsp3) is 0.105. The summed E-state index contributed by atoms with van der Waals surface area (Å²) in [4.78, 5) is 30.2. The minimum absolute atomic E-state index is 0. The van der Waals surface area contributed by atoms with Crippen molar-refractivity contribution in [2.45, 2.75) is 6.92 Å². The van der Waals surface area contributed by atoms with Gasteiger partial charge in [0, 0.05) is 24.7 Å². The molecule has 6 heteroatoms. The highest BCUT2D eigenvalue weighted by molar-refractivity contribution is 6.14. The Morgan fingerprint density at radius 3 is 2.36 bits per heavy atom. The summed E-state index contributed by atoms with van der Waals surface area (Å²) in [6, 6.07) is 15.0. The van der Waals surface area contributed by atoms with Gasteiger partial charge in [-0.05, 0) is 24.2 Å². The molecule has 0 radical (unpaired) electrons. The van der Waals surface area contributed by atoms with Crippen molar-refractivity contribution >= 4 is 33.6 Å². The number of nitrogens with zero attached hydrogens (tertiary/aromatic N) is 1. The maximum Gasteiger partial charge on any atom is 0.340 e. The van der Waals surface area contributed by atoms with E-state index in [9.17, 15) is 9.70 Å². The predicted molar refractivity (Wildman–Crippen MR) is 101 cm³/mol. The summed E-state index contributed by atoms with van der Waals surface area (Å²) in [7, 11) is 0. The summed E-state index contributed by atoms with van der Waals surface area (Å²) >= 11 is 0. The molecule has 0 aliphatic carbocycles. The lowest BCUT2D eigenvalue weighted by molar-refractivity contribution is 0.0529. The van der Waals surface area contributed by atoms with E-state index in [1.54, 1.807) is 6.92 Å². The third-order valence-electron chi connectivity index (χ3n) is 4.21. The van der Waals surface area contributed by atoms with Gasteiger partial charge in [0.05, 0.1) is 23.4 Å². The van der Waals surface area contributed by atoms with Crippen LogP contribution >= 0.6 is 0 Å². The number of rotatable bonds is 4. The fourth-order valence-electron chi connectivity index (χ4n) is 3.19. The Morgan fingerprint density at radius 2 is 1.68 bits per heavy atom. The minimum Gasteiger partial charge on any atom is -0.462 e. The molecule has 4 rings (SSSR count). The number of esters is 1. The van der Waals surface area contributed by atoms with Crippen molar-refractivity contribution in [1.82, 2.24) is 9.97 Å². The van der Waals surface area contributed by atoms with Crippen LogP contribution in [0.5, 0.6) is 0 Å². The van der Waals surface area contributed by atoms with Crippen molar-refractivity contribution in [2.24, 2.45) is 5.18 Å². The van der Waals surface area contributed by atoms with E-state index in [4.69, 9.17) is 4.74 Å². The molecule has 6 nitrogen and oxygen atoms in total. The van der Waals surface area contributed by atoms with Gasteiger partial charge in [-0.25, -0.2) is 4.79 Å². The second-order valence-corrected chi connectivity index (χ2v) is 5.63. The van der Waals surface area contributed by atoms with Gasteiger partial charge in [0.25, 0.3) is 0 Å². The number of carbonyl (C=O) groups is 1. The highest BCUT2D eigenvalue weighted by Crippen LogP contribution is 2.41. The maximum atomic E-state index is 12.6. The smallest absolute Gasteiger partial charge is 0.340 e. The summed E-state index contributed by atoms with van der Waals surface area (Å²) < 4.78 is 5.24. The molecule has 2 heterocycles. The van der Waals surface area contributed by atoms with Crippen molar-refractivity contribution in [1.29, 1.82) is 0 Å². The Morgan fingerprint density at radius 1 is 1.04 bits per heavy atom. The zero-order chi connectivity index (χ0) is 17.4. The van der Waals surface area contributed by atoms with E-state index in [1.807, 2.05) is 48.5 Å². The average Bonchev–Trinajstić information content (AvgIpc) is 3.19. The summed E-state index contributed by atoms with van der Waals surface area (Å²) in [6.45, 7) is 2.03. The van der Waals surface area contributed by atoms with E-state index in [0.717, 1.165) is 21.8 Å². The van der Waals surface area contributed by atoms with Gasteiger partial charge < -0.3 is 14.7 Å². The monoisotopic (exact) mass is 337 g/mol. The first-order chi connectivity index (χ1) is 12.2. The topological polar surface area (TPSA) is 87.3 Å². The average molecular weight is 337 g/mol. The van der Waals surface area contributed by atoms with Crippen LogP contribution in [0, 0.1) is 4.91 Å². The van der Waals surface area contributed by atoms with Gasteiger partial charge in [0.2, 0.25) is 0 Å². The Kier molecular flexibility index (Phi) is 3.57. The van der Waals surface area contributed by atoms with Gasteiger partial charge in [-0.1, -0.05) is 36.4 Å². The van der Waals surface area contributed by atoms with Gasteiger partial charge >= 0.3 is 5.97 Å². The number of nitrogens with one attached hydrogen (secondary N) is 2. The van der Waals surface area contributed by atoms with Crippen LogP contribution in [0.25, 0.3) is 33.1 Å².